The highest BCUT2D eigenvalue weighted by atomic mass is 127. The molecule has 0 aliphatic rings. The summed E-state index contributed by atoms with van der Waals surface area (Å²) >= 11 is 3.07. The molecule has 98 valence electrons. The fourth-order valence-electron chi connectivity index (χ4n) is 1.39. The average Bonchev–Trinajstić information content (AvgIpc) is 2.85. The van der Waals surface area contributed by atoms with Gasteiger partial charge >= 0.3 is 11.0 Å². The van der Waals surface area contributed by atoms with Crippen molar-refractivity contribution in [3.63, 3.8) is 0 Å². The first-order valence-electron chi connectivity index (χ1n) is 5.21. The number of halogens is 1. The third-order valence-electron chi connectivity index (χ3n) is 2.28. The van der Waals surface area contributed by atoms with Crippen molar-refractivity contribution in [2.75, 3.05) is 0 Å². The summed E-state index contributed by atoms with van der Waals surface area (Å²) in [6, 6.07) is 8.50. The van der Waals surface area contributed by atoms with Crippen molar-refractivity contribution < 1.29 is 14.5 Å². The zero-order valence-electron chi connectivity index (χ0n) is 9.54. The van der Waals surface area contributed by atoms with Crippen molar-refractivity contribution in [1.82, 2.24) is 0 Å². The molecule has 0 fully saturated rings. The van der Waals surface area contributed by atoms with E-state index < -0.39 is 10.9 Å². The first-order valence-corrected chi connectivity index (χ1v) is 7.17. The molecule has 0 saturated carbocycles. The number of carbonyl (C=O) groups is 1. The fourth-order valence-corrected chi connectivity index (χ4v) is 2.71. The van der Waals surface area contributed by atoms with E-state index in [1.54, 1.807) is 17.5 Å². The van der Waals surface area contributed by atoms with Crippen LogP contribution in [0.25, 0.3) is 0 Å². The number of carbonyl (C=O) groups excluding carboxylic acids is 1. The van der Waals surface area contributed by atoms with Crippen molar-refractivity contribution in [3.05, 3.63) is 60.5 Å². The van der Waals surface area contributed by atoms with Gasteiger partial charge in [-0.3, -0.25) is 10.1 Å². The maximum Gasteiger partial charge on any atom is 0.339 e. The number of benzene rings is 1. The highest BCUT2D eigenvalue weighted by molar-refractivity contribution is 14.1. The van der Waals surface area contributed by atoms with E-state index in [9.17, 15) is 14.9 Å². The molecular formula is C12H8INO4S. The molecule has 7 heteroatoms. The molecule has 2 aromatic rings. The first kappa shape index (κ1) is 13.9. The molecule has 19 heavy (non-hydrogen) atoms. The fraction of sp³-hybridized carbons (Fsp3) is 0.0833. The summed E-state index contributed by atoms with van der Waals surface area (Å²) in [4.78, 5) is 21.9. The Bertz CT molecular complexity index is 626. The Labute approximate surface area is 126 Å². The largest absolute Gasteiger partial charge is 0.457 e. The van der Waals surface area contributed by atoms with Crippen LogP contribution in [0.4, 0.5) is 5.00 Å². The molecule has 0 radical (unpaired) electrons. The lowest BCUT2D eigenvalue weighted by Gasteiger charge is -2.04. The first-order chi connectivity index (χ1) is 9.08. The van der Waals surface area contributed by atoms with Gasteiger partial charge in [-0.15, -0.1) is 0 Å². The second-order valence-corrected chi connectivity index (χ2v) is 5.66. The van der Waals surface area contributed by atoms with Gasteiger partial charge in [-0.2, -0.15) is 0 Å². The number of thiophene rings is 1. The van der Waals surface area contributed by atoms with E-state index in [0.717, 1.165) is 14.9 Å². The quantitative estimate of drug-likeness (QED) is 0.347. The highest BCUT2D eigenvalue weighted by Crippen LogP contribution is 2.23. The van der Waals surface area contributed by atoms with Gasteiger partial charge in [-0.1, -0.05) is 23.5 Å². The molecule has 0 spiro atoms. The zero-order valence-corrected chi connectivity index (χ0v) is 12.5. The molecule has 0 saturated heterocycles. The molecule has 0 aliphatic heterocycles. The van der Waals surface area contributed by atoms with E-state index >= 15 is 0 Å². The van der Waals surface area contributed by atoms with Gasteiger partial charge in [0.1, 0.15) is 6.61 Å². The predicted molar refractivity (Wildman–Crippen MR) is 79.3 cm³/mol. The van der Waals surface area contributed by atoms with Crippen LogP contribution in [0.1, 0.15) is 15.9 Å². The molecular weight excluding hydrogens is 381 g/mol. The number of nitrogens with zero attached hydrogens (tertiary/aromatic N) is 1. The second kappa shape index (κ2) is 6.11. The Kier molecular flexibility index (Phi) is 4.48. The number of hydrogen-bond acceptors (Lipinski definition) is 5. The van der Waals surface area contributed by atoms with Crippen molar-refractivity contribution >= 4 is 44.9 Å². The SMILES string of the molecule is O=C(OCc1csc([N+](=O)[O-])c1)c1ccccc1I. The number of ether oxygens (including phenoxy) is 1. The molecule has 0 atom stereocenters. The van der Waals surface area contributed by atoms with Crippen LogP contribution < -0.4 is 0 Å². The van der Waals surface area contributed by atoms with Gasteiger partial charge in [0.05, 0.1) is 10.5 Å². The van der Waals surface area contributed by atoms with E-state index in [1.807, 2.05) is 12.1 Å². The summed E-state index contributed by atoms with van der Waals surface area (Å²) in [6.07, 6.45) is 0. The van der Waals surface area contributed by atoms with Crippen molar-refractivity contribution in [3.8, 4) is 0 Å². The van der Waals surface area contributed by atoms with E-state index in [2.05, 4.69) is 22.6 Å². The molecule has 0 amide bonds. The summed E-state index contributed by atoms with van der Waals surface area (Å²) in [7, 11) is 0. The molecule has 0 bridgehead atoms. The Morgan fingerprint density at radius 3 is 2.79 bits per heavy atom. The minimum Gasteiger partial charge on any atom is -0.457 e. The molecule has 0 N–H and O–H groups in total. The van der Waals surface area contributed by atoms with Gasteiger partial charge in [0.15, 0.2) is 0 Å². The number of hydrogen-bond donors (Lipinski definition) is 0. The Hall–Kier alpha value is -1.48. The normalized spacial score (nSPS) is 10.2. The van der Waals surface area contributed by atoms with E-state index in [-0.39, 0.29) is 11.6 Å². The monoisotopic (exact) mass is 389 g/mol. The van der Waals surface area contributed by atoms with Crippen LogP contribution in [0.3, 0.4) is 0 Å². The van der Waals surface area contributed by atoms with Crippen LogP contribution in [-0.2, 0) is 11.3 Å². The van der Waals surface area contributed by atoms with Crippen LogP contribution in [0.15, 0.2) is 35.7 Å². The van der Waals surface area contributed by atoms with Gasteiger partial charge in [-0.05, 0) is 34.7 Å². The smallest absolute Gasteiger partial charge is 0.339 e. The van der Waals surface area contributed by atoms with Crippen molar-refractivity contribution in [1.29, 1.82) is 0 Å². The Morgan fingerprint density at radius 1 is 1.42 bits per heavy atom. The van der Waals surface area contributed by atoms with E-state index in [1.165, 1.54) is 6.07 Å². The topological polar surface area (TPSA) is 69.4 Å². The third kappa shape index (κ3) is 3.51. The van der Waals surface area contributed by atoms with Crippen LogP contribution in [-0.4, -0.2) is 10.9 Å². The lowest BCUT2D eigenvalue weighted by Crippen LogP contribution is -2.06. The standard InChI is InChI=1S/C12H8INO4S/c13-10-4-2-1-3-9(10)12(15)18-6-8-5-11(14(16)17)19-7-8/h1-5,7H,6H2. The van der Waals surface area contributed by atoms with Crippen LogP contribution in [0.5, 0.6) is 0 Å². The highest BCUT2D eigenvalue weighted by Gasteiger charge is 2.13. The lowest BCUT2D eigenvalue weighted by molar-refractivity contribution is -0.380. The second-order valence-electron chi connectivity index (χ2n) is 3.61. The predicted octanol–water partition coefficient (Wildman–Crippen LogP) is 3.62. The molecule has 0 aliphatic carbocycles. The van der Waals surface area contributed by atoms with Gasteiger partial charge < -0.3 is 4.74 Å². The van der Waals surface area contributed by atoms with Crippen LogP contribution >= 0.6 is 33.9 Å². The Morgan fingerprint density at radius 2 is 2.16 bits per heavy atom. The number of rotatable bonds is 4. The van der Waals surface area contributed by atoms with Gasteiger partial charge in [0.2, 0.25) is 0 Å². The molecule has 1 aromatic heterocycles. The molecule has 5 nitrogen and oxygen atoms in total. The Balaban J connectivity index is 2.00. The average molecular weight is 389 g/mol. The van der Waals surface area contributed by atoms with Gasteiger partial charge in [-0.25, -0.2) is 4.79 Å². The molecule has 1 heterocycles. The van der Waals surface area contributed by atoms with Gasteiger partial charge in [0, 0.05) is 20.6 Å². The lowest BCUT2D eigenvalue weighted by atomic mass is 10.2. The third-order valence-corrected chi connectivity index (χ3v) is 4.15. The molecule has 2 rings (SSSR count). The summed E-state index contributed by atoms with van der Waals surface area (Å²) in [5.74, 6) is -0.432. The van der Waals surface area contributed by atoms with Crippen molar-refractivity contribution in [2.24, 2.45) is 0 Å². The number of esters is 1. The van der Waals surface area contributed by atoms with Crippen molar-refractivity contribution in [2.45, 2.75) is 6.61 Å². The van der Waals surface area contributed by atoms with Crippen LogP contribution in [0, 0.1) is 13.7 Å². The minimum absolute atomic E-state index is 0.0359. The van der Waals surface area contributed by atoms with E-state index in [0.29, 0.717) is 11.1 Å². The maximum atomic E-state index is 11.8. The summed E-state index contributed by atoms with van der Waals surface area (Å²) in [6.45, 7) is 0.0359. The van der Waals surface area contributed by atoms with E-state index in [4.69, 9.17) is 4.74 Å². The summed E-state index contributed by atoms with van der Waals surface area (Å²) in [5.41, 5.74) is 1.11. The molecule has 1 aromatic carbocycles. The maximum absolute atomic E-state index is 11.8. The molecule has 0 unspecified atom stereocenters. The zero-order chi connectivity index (χ0) is 13.8. The minimum atomic E-state index is -0.462. The summed E-state index contributed by atoms with van der Waals surface area (Å²) < 4.78 is 5.94. The van der Waals surface area contributed by atoms with Gasteiger partial charge in [0.25, 0.3) is 0 Å². The van der Waals surface area contributed by atoms with Crippen LogP contribution in [0.2, 0.25) is 0 Å². The number of nitro groups is 1. The summed E-state index contributed by atoms with van der Waals surface area (Å²) in [5, 5.41) is 12.2.